The van der Waals surface area contributed by atoms with Crippen LogP contribution in [0.25, 0.3) is 0 Å². The minimum absolute atomic E-state index is 0.414. The van der Waals surface area contributed by atoms with Crippen LogP contribution < -0.4 is 0 Å². The molecule has 2 heteroatoms. The first-order chi connectivity index (χ1) is 8.19. The van der Waals surface area contributed by atoms with Gasteiger partial charge in [0.05, 0.1) is 0 Å². The zero-order chi connectivity index (χ0) is 12.7. The molecule has 1 aromatic carbocycles. The van der Waals surface area contributed by atoms with Crippen LogP contribution in [-0.2, 0) is 6.54 Å². The SMILES string of the molecule is CCCCN(Cc1ccccc1O)C(C)CC. The molecule has 0 aliphatic heterocycles. The second-order valence-electron chi connectivity index (χ2n) is 4.71. The number of hydrogen-bond donors (Lipinski definition) is 1. The summed E-state index contributed by atoms with van der Waals surface area (Å²) in [5.74, 6) is 0.414. The van der Waals surface area contributed by atoms with E-state index in [0.717, 1.165) is 25.1 Å². The highest BCUT2D eigenvalue weighted by atomic mass is 16.3. The minimum atomic E-state index is 0.414. The van der Waals surface area contributed by atoms with Crippen LogP contribution in [0.5, 0.6) is 5.75 Å². The third-order valence-corrected chi connectivity index (χ3v) is 3.38. The number of unbranched alkanes of at least 4 members (excludes halogenated alkanes) is 1. The molecule has 0 aliphatic rings. The lowest BCUT2D eigenvalue weighted by Gasteiger charge is -2.28. The van der Waals surface area contributed by atoms with Crippen LogP contribution in [-0.4, -0.2) is 22.6 Å². The van der Waals surface area contributed by atoms with Gasteiger partial charge in [0.2, 0.25) is 0 Å². The van der Waals surface area contributed by atoms with E-state index in [1.54, 1.807) is 6.07 Å². The smallest absolute Gasteiger partial charge is 0.120 e. The molecule has 0 spiro atoms. The standard InChI is InChI=1S/C15H25NO/c1-4-6-11-16(13(3)5-2)12-14-9-7-8-10-15(14)17/h7-10,13,17H,4-6,11-12H2,1-3H3. The van der Waals surface area contributed by atoms with E-state index < -0.39 is 0 Å². The van der Waals surface area contributed by atoms with Gasteiger partial charge < -0.3 is 5.11 Å². The predicted octanol–water partition coefficient (Wildman–Crippen LogP) is 3.79. The van der Waals surface area contributed by atoms with Crippen molar-refractivity contribution in [1.29, 1.82) is 0 Å². The first-order valence-corrected chi connectivity index (χ1v) is 6.69. The molecule has 1 atom stereocenters. The topological polar surface area (TPSA) is 23.5 Å². The van der Waals surface area contributed by atoms with Crippen molar-refractivity contribution in [1.82, 2.24) is 4.90 Å². The molecule has 0 heterocycles. The van der Waals surface area contributed by atoms with Gasteiger partial charge in [-0.2, -0.15) is 0 Å². The summed E-state index contributed by atoms with van der Waals surface area (Å²) in [4.78, 5) is 2.46. The van der Waals surface area contributed by atoms with Crippen LogP contribution in [0, 0.1) is 0 Å². The van der Waals surface area contributed by atoms with E-state index in [2.05, 4.69) is 25.7 Å². The molecule has 0 aliphatic carbocycles. The van der Waals surface area contributed by atoms with Crippen molar-refractivity contribution in [2.24, 2.45) is 0 Å². The van der Waals surface area contributed by atoms with Crippen molar-refractivity contribution in [3.05, 3.63) is 29.8 Å². The molecule has 0 amide bonds. The van der Waals surface area contributed by atoms with Crippen molar-refractivity contribution in [2.75, 3.05) is 6.54 Å². The van der Waals surface area contributed by atoms with Crippen LogP contribution in [0.3, 0.4) is 0 Å². The number of para-hydroxylation sites is 1. The van der Waals surface area contributed by atoms with Crippen molar-refractivity contribution in [2.45, 2.75) is 52.6 Å². The van der Waals surface area contributed by atoms with Gasteiger partial charge in [0.25, 0.3) is 0 Å². The number of nitrogens with zero attached hydrogens (tertiary/aromatic N) is 1. The lowest BCUT2D eigenvalue weighted by atomic mass is 10.1. The average molecular weight is 235 g/mol. The Morgan fingerprint density at radius 2 is 1.94 bits per heavy atom. The van der Waals surface area contributed by atoms with Gasteiger partial charge in [0, 0.05) is 18.2 Å². The van der Waals surface area contributed by atoms with E-state index in [1.807, 2.05) is 18.2 Å². The lowest BCUT2D eigenvalue weighted by molar-refractivity contribution is 0.190. The molecule has 0 saturated heterocycles. The Labute approximate surface area is 105 Å². The second kappa shape index (κ2) is 7.33. The Morgan fingerprint density at radius 3 is 2.53 bits per heavy atom. The van der Waals surface area contributed by atoms with Crippen molar-refractivity contribution in [3.63, 3.8) is 0 Å². The van der Waals surface area contributed by atoms with E-state index in [1.165, 1.54) is 12.8 Å². The van der Waals surface area contributed by atoms with Crippen molar-refractivity contribution in [3.8, 4) is 5.75 Å². The number of hydrogen-bond acceptors (Lipinski definition) is 2. The van der Waals surface area contributed by atoms with Crippen LogP contribution in [0.2, 0.25) is 0 Å². The maximum Gasteiger partial charge on any atom is 0.120 e. The summed E-state index contributed by atoms with van der Waals surface area (Å²) in [5, 5.41) is 9.81. The average Bonchev–Trinajstić information content (AvgIpc) is 2.35. The van der Waals surface area contributed by atoms with Gasteiger partial charge in [-0.05, 0) is 32.4 Å². The van der Waals surface area contributed by atoms with Gasteiger partial charge in [-0.1, -0.05) is 38.5 Å². The summed E-state index contributed by atoms with van der Waals surface area (Å²) in [5.41, 5.74) is 1.03. The van der Waals surface area contributed by atoms with E-state index in [4.69, 9.17) is 0 Å². The fraction of sp³-hybridized carbons (Fsp3) is 0.600. The van der Waals surface area contributed by atoms with Crippen LogP contribution >= 0.6 is 0 Å². The molecule has 2 nitrogen and oxygen atoms in total. The van der Waals surface area contributed by atoms with Crippen LogP contribution in [0.1, 0.15) is 45.6 Å². The minimum Gasteiger partial charge on any atom is -0.508 e. The molecule has 0 bridgehead atoms. The number of phenols is 1. The Hall–Kier alpha value is -1.02. The third kappa shape index (κ3) is 4.39. The van der Waals surface area contributed by atoms with Crippen molar-refractivity contribution < 1.29 is 5.11 Å². The third-order valence-electron chi connectivity index (χ3n) is 3.38. The second-order valence-corrected chi connectivity index (χ2v) is 4.71. The highest BCUT2D eigenvalue weighted by Crippen LogP contribution is 2.19. The summed E-state index contributed by atoms with van der Waals surface area (Å²) in [6.07, 6.45) is 3.59. The van der Waals surface area contributed by atoms with Gasteiger partial charge >= 0.3 is 0 Å². The van der Waals surface area contributed by atoms with Gasteiger partial charge in [-0.3, -0.25) is 4.90 Å². The largest absolute Gasteiger partial charge is 0.508 e. The molecule has 0 fully saturated rings. The molecule has 1 rings (SSSR count). The van der Waals surface area contributed by atoms with E-state index in [9.17, 15) is 5.11 Å². The van der Waals surface area contributed by atoms with E-state index in [0.29, 0.717) is 11.8 Å². The highest BCUT2D eigenvalue weighted by molar-refractivity contribution is 5.31. The van der Waals surface area contributed by atoms with Gasteiger partial charge in [-0.25, -0.2) is 0 Å². The molecule has 0 radical (unpaired) electrons. The van der Waals surface area contributed by atoms with E-state index >= 15 is 0 Å². The molecule has 1 unspecified atom stereocenters. The van der Waals surface area contributed by atoms with Gasteiger partial charge in [0.15, 0.2) is 0 Å². The Morgan fingerprint density at radius 1 is 1.24 bits per heavy atom. The van der Waals surface area contributed by atoms with Crippen LogP contribution in [0.15, 0.2) is 24.3 Å². The fourth-order valence-corrected chi connectivity index (χ4v) is 1.94. The number of rotatable bonds is 7. The summed E-state index contributed by atoms with van der Waals surface area (Å²) in [7, 11) is 0. The maximum atomic E-state index is 9.81. The Balaban J connectivity index is 2.68. The molecule has 96 valence electrons. The fourth-order valence-electron chi connectivity index (χ4n) is 1.94. The summed E-state index contributed by atoms with van der Waals surface area (Å²) < 4.78 is 0. The molecule has 1 aromatic rings. The lowest BCUT2D eigenvalue weighted by Crippen LogP contribution is -2.33. The normalized spacial score (nSPS) is 12.9. The molecular weight excluding hydrogens is 210 g/mol. The summed E-state index contributed by atoms with van der Waals surface area (Å²) >= 11 is 0. The maximum absolute atomic E-state index is 9.81. The quantitative estimate of drug-likeness (QED) is 0.777. The molecule has 1 N–H and O–H groups in total. The Kier molecular flexibility index (Phi) is 6.06. The molecule has 17 heavy (non-hydrogen) atoms. The van der Waals surface area contributed by atoms with Gasteiger partial charge in [-0.15, -0.1) is 0 Å². The number of benzene rings is 1. The first kappa shape index (κ1) is 14.0. The number of phenolic OH excluding ortho intramolecular Hbond substituents is 1. The van der Waals surface area contributed by atoms with E-state index in [-0.39, 0.29) is 0 Å². The number of aromatic hydroxyl groups is 1. The molecule has 0 saturated carbocycles. The zero-order valence-electron chi connectivity index (χ0n) is 11.3. The summed E-state index contributed by atoms with van der Waals surface area (Å²) in [6, 6.07) is 8.21. The Bertz CT molecular complexity index is 324. The van der Waals surface area contributed by atoms with Crippen LogP contribution in [0.4, 0.5) is 0 Å². The first-order valence-electron chi connectivity index (χ1n) is 6.69. The predicted molar refractivity (Wildman–Crippen MR) is 73.2 cm³/mol. The molecule has 0 aromatic heterocycles. The zero-order valence-corrected chi connectivity index (χ0v) is 11.3. The highest BCUT2D eigenvalue weighted by Gasteiger charge is 2.13. The molecular formula is C15H25NO. The van der Waals surface area contributed by atoms with Crippen molar-refractivity contribution >= 4 is 0 Å². The monoisotopic (exact) mass is 235 g/mol. The summed E-state index contributed by atoms with van der Waals surface area (Å²) in [6.45, 7) is 8.65. The van der Waals surface area contributed by atoms with Gasteiger partial charge in [0.1, 0.15) is 5.75 Å².